The van der Waals surface area contributed by atoms with E-state index in [0.717, 1.165) is 24.9 Å². The van der Waals surface area contributed by atoms with Gasteiger partial charge in [-0.15, -0.1) is 0 Å². The Morgan fingerprint density at radius 3 is 2.33 bits per heavy atom. The second kappa shape index (κ2) is 7.52. The number of nitrogens with one attached hydrogen (secondary N) is 1. The van der Waals surface area contributed by atoms with Crippen LogP contribution in [0.15, 0.2) is 24.3 Å². The average Bonchev–Trinajstić information content (AvgIpc) is 2.35. The second-order valence-electron chi connectivity index (χ2n) is 5.26. The van der Waals surface area contributed by atoms with Crippen molar-refractivity contribution in [3.05, 3.63) is 35.6 Å². The molecule has 0 aliphatic carbocycles. The van der Waals surface area contributed by atoms with Gasteiger partial charge in [-0.2, -0.15) is 0 Å². The SMILES string of the molecule is CCCNC(C(C)C)C(CC)c1ccccc1F. The van der Waals surface area contributed by atoms with Crippen LogP contribution in [0.4, 0.5) is 4.39 Å². The Labute approximate surface area is 111 Å². The Bertz CT molecular complexity index is 349. The van der Waals surface area contributed by atoms with Crippen LogP contribution < -0.4 is 5.32 Å². The van der Waals surface area contributed by atoms with Gasteiger partial charge in [0.1, 0.15) is 5.82 Å². The quantitative estimate of drug-likeness (QED) is 0.760. The molecule has 0 fully saturated rings. The number of hydrogen-bond donors (Lipinski definition) is 1. The predicted molar refractivity (Wildman–Crippen MR) is 76.4 cm³/mol. The molecule has 0 radical (unpaired) electrons. The molecule has 1 N–H and O–H groups in total. The molecule has 0 aliphatic heterocycles. The molecule has 2 unspecified atom stereocenters. The van der Waals surface area contributed by atoms with Crippen molar-refractivity contribution in [1.82, 2.24) is 5.32 Å². The summed E-state index contributed by atoms with van der Waals surface area (Å²) >= 11 is 0. The highest BCUT2D eigenvalue weighted by Gasteiger charge is 2.25. The van der Waals surface area contributed by atoms with E-state index in [0.29, 0.717) is 12.0 Å². The fourth-order valence-electron chi connectivity index (χ4n) is 2.60. The topological polar surface area (TPSA) is 12.0 Å². The third kappa shape index (κ3) is 3.81. The molecule has 0 spiro atoms. The third-order valence-corrected chi connectivity index (χ3v) is 3.53. The summed E-state index contributed by atoms with van der Waals surface area (Å²) in [6.07, 6.45) is 2.07. The molecule has 1 aromatic rings. The van der Waals surface area contributed by atoms with Crippen molar-refractivity contribution in [3.8, 4) is 0 Å². The van der Waals surface area contributed by atoms with Gasteiger partial charge in [0.05, 0.1) is 0 Å². The van der Waals surface area contributed by atoms with Crippen molar-refractivity contribution >= 4 is 0 Å². The lowest BCUT2D eigenvalue weighted by Gasteiger charge is -2.31. The van der Waals surface area contributed by atoms with E-state index in [1.165, 1.54) is 0 Å². The Kier molecular flexibility index (Phi) is 6.34. The number of halogens is 1. The molecule has 102 valence electrons. The maximum atomic E-state index is 13.9. The highest BCUT2D eigenvalue weighted by atomic mass is 19.1. The van der Waals surface area contributed by atoms with Crippen molar-refractivity contribution < 1.29 is 4.39 Å². The molecule has 1 nitrogen and oxygen atoms in total. The van der Waals surface area contributed by atoms with Gasteiger partial charge in [-0.05, 0) is 36.9 Å². The first-order valence-corrected chi connectivity index (χ1v) is 7.09. The normalized spacial score (nSPS) is 14.8. The Hall–Kier alpha value is -0.890. The molecule has 0 saturated heterocycles. The highest BCUT2D eigenvalue weighted by molar-refractivity contribution is 5.23. The molecule has 0 aromatic heterocycles. The van der Waals surface area contributed by atoms with Crippen LogP contribution in [0.3, 0.4) is 0 Å². The zero-order valence-corrected chi connectivity index (χ0v) is 12.0. The second-order valence-corrected chi connectivity index (χ2v) is 5.26. The summed E-state index contributed by atoms with van der Waals surface area (Å²) in [6, 6.07) is 7.52. The van der Waals surface area contributed by atoms with E-state index in [1.54, 1.807) is 12.1 Å². The molecule has 18 heavy (non-hydrogen) atoms. The molecular weight excluding hydrogens is 225 g/mol. The highest BCUT2D eigenvalue weighted by Crippen LogP contribution is 2.29. The molecule has 0 heterocycles. The van der Waals surface area contributed by atoms with Gasteiger partial charge in [-0.25, -0.2) is 4.39 Å². The minimum absolute atomic E-state index is 0.0756. The average molecular weight is 251 g/mol. The fraction of sp³-hybridized carbons (Fsp3) is 0.625. The predicted octanol–water partition coefficient (Wildman–Crippen LogP) is 4.34. The molecule has 0 saturated carbocycles. The first kappa shape index (κ1) is 15.2. The van der Waals surface area contributed by atoms with Crippen molar-refractivity contribution in [2.45, 2.75) is 52.5 Å². The lowest BCUT2D eigenvalue weighted by molar-refractivity contribution is 0.329. The summed E-state index contributed by atoms with van der Waals surface area (Å²) in [5, 5.41) is 3.58. The molecule has 0 bridgehead atoms. The van der Waals surface area contributed by atoms with Crippen LogP contribution in [-0.4, -0.2) is 12.6 Å². The van der Waals surface area contributed by atoms with E-state index in [2.05, 4.69) is 33.0 Å². The lowest BCUT2D eigenvalue weighted by atomic mass is 9.83. The van der Waals surface area contributed by atoms with Crippen LogP contribution >= 0.6 is 0 Å². The third-order valence-electron chi connectivity index (χ3n) is 3.53. The van der Waals surface area contributed by atoms with Crippen LogP contribution in [0.2, 0.25) is 0 Å². The minimum atomic E-state index is -0.0756. The summed E-state index contributed by atoms with van der Waals surface area (Å²) in [5.74, 6) is 0.673. The number of benzene rings is 1. The van der Waals surface area contributed by atoms with Crippen LogP contribution in [0.1, 0.15) is 52.0 Å². The Morgan fingerprint density at radius 2 is 1.83 bits per heavy atom. The molecule has 0 aliphatic rings. The van der Waals surface area contributed by atoms with Crippen molar-refractivity contribution in [2.24, 2.45) is 5.92 Å². The summed E-state index contributed by atoms with van der Waals surface area (Å²) < 4.78 is 13.9. The maximum absolute atomic E-state index is 13.9. The zero-order chi connectivity index (χ0) is 13.5. The lowest BCUT2D eigenvalue weighted by Crippen LogP contribution is -2.39. The van der Waals surface area contributed by atoms with Gasteiger partial charge in [-0.1, -0.05) is 45.9 Å². The van der Waals surface area contributed by atoms with Crippen molar-refractivity contribution in [3.63, 3.8) is 0 Å². The zero-order valence-electron chi connectivity index (χ0n) is 12.0. The van der Waals surface area contributed by atoms with Gasteiger partial charge in [0.2, 0.25) is 0 Å². The van der Waals surface area contributed by atoms with E-state index in [-0.39, 0.29) is 11.7 Å². The number of rotatable bonds is 7. The van der Waals surface area contributed by atoms with Crippen LogP contribution in [0.5, 0.6) is 0 Å². The van der Waals surface area contributed by atoms with E-state index in [4.69, 9.17) is 0 Å². The smallest absolute Gasteiger partial charge is 0.126 e. The Balaban J connectivity index is 2.95. The van der Waals surface area contributed by atoms with E-state index in [1.807, 2.05) is 12.1 Å². The Morgan fingerprint density at radius 1 is 1.17 bits per heavy atom. The van der Waals surface area contributed by atoms with Gasteiger partial charge in [0.15, 0.2) is 0 Å². The largest absolute Gasteiger partial charge is 0.313 e. The molecule has 1 rings (SSSR count). The van der Waals surface area contributed by atoms with E-state index in [9.17, 15) is 4.39 Å². The van der Waals surface area contributed by atoms with Gasteiger partial charge in [-0.3, -0.25) is 0 Å². The number of hydrogen-bond acceptors (Lipinski definition) is 1. The monoisotopic (exact) mass is 251 g/mol. The standard InChI is InChI=1S/C16H26FN/c1-5-11-18-16(12(3)4)13(6-2)14-9-7-8-10-15(14)17/h7-10,12-13,16,18H,5-6,11H2,1-4H3. The van der Waals surface area contributed by atoms with E-state index < -0.39 is 0 Å². The van der Waals surface area contributed by atoms with Crippen molar-refractivity contribution in [1.29, 1.82) is 0 Å². The molecule has 2 atom stereocenters. The summed E-state index contributed by atoms with van der Waals surface area (Å²) in [7, 11) is 0. The van der Waals surface area contributed by atoms with Crippen molar-refractivity contribution in [2.75, 3.05) is 6.54 Å². The van der Waals surface area contributed by atoms with E-state index >= 15 is 0 Å². The first-order chi connectivity index (χ1) is 8.61. The van der Waals surface area contributed by atoms with Crippen LogP contribution in [0, 0.1) is 11.7 Å². The van der Waals surface area contributed by atoms with Gasteiger partial charge >= 0.3 is 0 Å². The molecule has 1 aromatic carbocycles. The molecular formula is C16H26FN. The molecule has 2 heteroatoms. The van der Waals surface area contributed by atoms with Gasteiger partial charge < -0.3 is 5.32 Å². The fourth-order valence-corrected chi connectivity index (χ4v) is 2.60. The summed E-state index contributed by atoms with van der Waals surface area (Å²) in [5.41, 5.74) is 0.849. The maximum Gasteiger partial charge on any atom is 0.126 e. The summed E-state index contributed by atoms with van der Waals surface area (Å²) in [6.45, 7) is 9.70. The molecule has 0 amide bonds. The van der Waals surface area contributed by atoms with Gasteiger partial charge in [0.25, 0.3) is 0 Å². The minimum Gasteiger partial charge on any atom is -0.313 e. The van der Waals surface area contributed by atoms with Gasteiger partial charge in [0, 0.05) is 12.0 Å². The van der Waals surface area contributed by atoms with Crippen LogP contribution in [-0.2, 0) is 0 Å². The summed E-state index contributed by atoms with van der Waals surface area (Å²) in [4.78, 5) is 0. The first-order valence-electron chi connectivity index (χ1n) is 7.09. The van der Waals surface area contributed by atoms with Crippen LogP contribution in [0.25, 0.3) is 0 Å².